The average molecular weight is 239 g/mol. The minimum absolute atomic E-state index is 0.0601. The smallest absolute Gasteiger partial charge is 0.255 e. The third-order valence-corrected chi connectivity index (χ3v) is 2.26. The fourth-order valence-electron chi connectivity index (χ4n) is 1.34. The Labute approximate surface area is 100 Å². The largest absolute Gasteiger partial charge is 0.507 e. The van der Waals surface area contributed by atoms with Crippen molar-refractivity contribution >= 4 is 5.91 Å². The number of aromatic hydroxyl groups is 1. The number of rotatable bonds is 6. The molecule has 17 heavy (non-hydrogen) atoms. The number of nitrogens with one attached hydrogen (secondary N) is 1. The third kappa shape index (κ3) is 3.96. The van der Waals surface area contributed by atoms with Gasteiger partial charge < -0.3 is 19.9 Å². The van der Waals surface area contributed by atoms with Gasteiger partial charge in [0.25, 0.3) is 5.91 Å². The van der Waals surface area contributed by atoms with E-state index in [1.54, 1.807) is 13.2 Å². The molecule has 1 aromatic carbocycles. The molecule has 0 saturated heterocycles. The second-order valence-corrected chi connectivity index (χ2v) is 3.49. The minimum Gasteiger partial charge on any atom is -0.507 e. The van der Waals surface area contributed by atoms with Crippen molar-refractivity contribution in [2.75, 3.05) is 27.4 Å². The third-order valence-electron chi connectivity index (χ3n) is 2.26. The maximum Gasteiger partial charge on any atom is 0.255 e. The highest BCUT2D eigenvalue weighted by Gasteiger charge is 2.11. The highest BCUT2D eigenvalue weighted by molar-refractivity contribution is 5.97. The zero-order chi connectivity index (χ0) is 12.7. The molecule has 5 heteroatoms. The van der Waals surface area contributed by atoms with E-state index in [4.69, 9.17) is 9.47 Å². The molecule has 1 rings (SSSR count). The fraction of sp³-hybridized carbons (Fsp3) is 0.417. The fourth-order valence-corrected chi connectivity index (χ4v) is 1.34. The SMILES string of the molecule is COCCCNC(=O)c1cc(OC)ccc1O. The van der Waals surface area contributed by atoms with E-state index in [-0.39, 0.29) is 17.2 Å². The molecule has 5 nitrogen and oxygen atoms in total. The monoisotopic (exact) mass is 239 g/mol. The summed E-state index contributed by atoms with van der Waals surface area (Å²) < 4.78 is 9.86. The summed E-state index contributed by atoms with van der Waals surface area (Å²) in [7, 11) is 3.11. The number of hydrogen-bond donors (Lipinski definition) is 2. The highest BCUT2D eigenvalue weighted by atomic mass is 16.5. The number of methoxy groups -OCH3 is 2. The van der Waals surface area contributed by atoms with Crippen LogP contribution in [0.4, 0.5) is 0 Å². The lowest BCUT2D eigenvalue weighted by Gasteiger charge is -2.08. The van der Waals surface area contributed by atoms with Crippen LogP contribution in [0.5, 0.6) is 11.5 Å². The second-order valence-electron chi connectivity index (χ2n) is 3.49. The molecular weight excluding hydrogens is 222 g/mol. The van der Waals surface area contributed by atoms with Crippen LogP contribution in [0.2, 0.25) is 0 Å². The van der Waals surface area contributed by atoms with E-state index in [0.717, 1.165) is 6.42 Å². The predicted molar refractivity (Wildman–Crippen MR) is 63.5 cm³/mol. The summed E-state index contributed by atoms with van der Waals surface area (Å²) in [6, 6.07) is 4.53. The normalized spacial score (nSPS) is 10.0. The molecule has 94 valence electrons. The minimum atomic E-state index is -0.322. The van der Waals surface area contributed by atoms with Crippen LogP contribution < -0.4 is 10.1 Å². The molecule has 0 aliphatic rings. The predicted octanol–water partition coefficient (Wildman–Crippen LogP) is 1.17. The average Bonchev–Trinajstić information content (AvgIpc) is 2.35. The van der Waals surface area contributed by atoms with Gasteiger partial charge in [-0.3, -0.25) is 4.79 Å². The molecule has 0 aliphatic carbocycles. The highest BCUT2D eigenvalue weighted by Crippen LogP contribution is 2.22. The topological polar surface area (TPSA) is 67.8 Å². The van der Waals surface area contributed by atoms with Gasteiger partial charge in [-0.15, -0.1) is 0 Å². The van der Waals surface area contributed by atoms with Gasteiger partial charge in [0.05, 0.1) is 12.7 Å². The number of phenolic OH excluding ortho intramolecular Hbond substituents is 1. The second kappa shape index (κ2) is 6.75. The van der Waals surface area contributed by atoms with Crippen LogP contribution >= 0.6 is 0 Å². The van der Waals surface area contributed by atoms with E-state index < -0.39 is 0 Å². The molecule has 2 N–H and O–H groups in total. The van der Waals surface area contributed by atoms with Gasteiger partial charge in [0.2, 0.25) is 0 Å². The van der Waals surface area contributed by atoms with Crippen molar-refractivity contribution in [1.29, 1.82) is 0 Å². The van der Waals surface area contributed by atoms with Crippen LogP contribution in [0.3, 0.4) is 0 Å². The summed E-state index contributed by atoms with van der Waals surface area (Å²) in [5.41, 5.74) is 0.210. The molecular formula is C12H17NO4. The van der Waals surface area contributed by atoms with E-state index in [2.05, 4.69) is 5.32 Å². The number of carbonyl (C=O) groups is 1. The van der Waals surface area contributed by atoms with Crippen LogP contribution in [0, 0.1) is 0 Å². The summed E-state index contributed by atoms with van der Waals surface area (Å²) in [4.78, 5) is 11.7. The van der Waals surface area contributed by atoms with Crippen molar-refractivity contribution in [1.82, 2.24) is 5.32 Å². The number of ether oxygens (including phenoxy) is 2. The van der Waals surface area contributed by atoms with E-state index in [9.17, 15) is 9.90 Å². The first-order chi connectivity index (χ1) is 8.19. The number of amides is 1. The van der Waals surface area contributed by atoms with Crippen LogP contribution in [-0.4, -0.2) is 38.4 Å². The maximum absolute atomic E-state index is 11.7. The van der Waals surface area contributed by atoms with Gasteiger partial charge >= 0.3 is 0 Å². The quantitative estimate of drug-likeness (QED) is 0.731. The molecule has 1 amide bonds. The van der Waals surface area contributed by atoms with Crippen LogP contribution in [0.25, 0.3) is 0 Å². The Balaban J connectivity index is 2.61. The van der Waals surface area contributed by atoms with Crippen molar-refractivity contribution < 1.29 is 19.4 Å². The van der Waals surface area contributed by atoms with Crippen molar-refractivity contribution in [3.8, 4) is 11.5 Å². The molecule has 1 aromatic rings. The Bertz CT molecular complexity index is 379. The number of carbonyl (C=O) groups excluding carboxylic acids is 1. The van der Waals surface area contributed by atoms with Gasteiger partial charge in [-0.05, 0) is 24.6 Å². The summed E-state index contributed by atoms with van der Waals surface area (Å²) in [5.74, 6) is 0.150. The zero-order valence-electron chi connectivity index (χ0n) is 10.0. The van der Waals surface area contributed by atoms with Crippen LogP contribution in [0.1, 0.15) is 16.8 Å². The number of benzene rings is 1. The van der Waals surface area contributed by atoms with Crippen molar-refractivity contribution in [3.05, 3.63) is 23.8 Å². The Morgan fingerprint density at radius 3 is 2.82 bits per heavy atom. The first-order valence-electron chi connectivity index (χ1n) is 5.33. The summed E-state index contributed by atoms with van der Waals surface area (Å²) >= 11 is 0. The van der Waals surface area contributed by atoms with Crippen molar-refractivity contribution in [2.45, 2.75) is 6.42 Å². The lowest BCUT2D eigenvalue weighted by Crippen LogP contribution is -2.25. The van der Waals surface area contributed by atoms with Crippen molar-refractivity contribution in [2.24, 2.45) is 0 Å². The summed E-state index contributed by atoms with van der Waals surface area (Å²) in [6.07, 6.45) is 0.729. The van der Waals surface area contributed by atoms with Crippen LogP contribution in [-0.2, 0) is 4.74 Å². The molecule has 0 saturated carbocycles. The van der Waals surface area contributed by atoms with E-state index in [1.807, 2.05) is 0 Å². The number of phenols is 1. The van der Waals surface area contributed by atoms with Gasteiger partial charge in [0.15, 0.2) is 0 Å². The van der Waals surface area contributed by atoms with E-state index in [1.165, 1.54) is 19.2 Å². The first kappa shape index (κ1) is 13.3. The summed E-state index contributed by atoms with van der Waals surface area (Å²) in [5, 5.41) is 12.3. The maximum atomic E-state index is 11.7. The summed E-state index contributed by atoms with van der Waals surface area (Å²) in [6.45, 7) is 1.09. The lowest BCUT2D eigenvalue weighted by atomic mass is 10.1. The van der Waals surface area contributed by atoms with Gasteiger partial charge in [-0.25, -0.2) is 0 Å². The Hall–Kier alpha value is -1.75. The zero-order valence-corrected chi connectivity index (χ0v) is 10.0. The van der Waals surface area contributed by atoms with Gasteiger partial charge in [-0.2, -0.15) is 0 Å². The molecule has 0 heterocycles. The molecule has 0 aliphatic heterocycles. The van der Waals surface area contributed by atoms with Gasteiger partial charge in [-0.1, -0.05) is 0 Å². The van der Waals surface area contributed by atoms with E-state index >= 15 is 0 Å². The Kier molecular flexibility index (Phi) is 5.29. The Morgan fingerprint density at radius 1 is 1.41 bits per heavy atom. The first-order valence-corrected chi connectivity index (χ1v) is 5.33. The standard InChI is InChI=1S/C12H17NO4/c1-16-7-3-6-13-12(15)10-8-9(17-2)4-5-11(10)14/h4-5,8,14H,3,6-7H2,1-2H3,(H,13,15). The van der Waals surface area contributed by atoms with Gasteiger partial charge in [0, 0.05) is 20.3 Å². The molecule has 0 unspecified atom stereocenters. The molecule has 0 bridgehead atoms. The molecule has 0 radical (unpaired) electrons. The number of hydrogen-bond acceptors (Lipinski definition) is 4. The van der Waals surface area contributed by atoms with E-state index in [0.29, 0.717) is 18.9 Å². The Morgan fingerprint density at radius 2 is 2.18 bits per heavy atom. The molecule has 0 atom stereocenters. The van der Waals surface area contributed by atoms with Crippen molar-refractivity contribution in [3.63, 3.8) is 0 Å². The van der Waals surface area contributed by atoms with Crippen LogP contribution in [0.15, 0.2) is 18.2 Å². The molecule has 0 fully saturated rings. The lowest BCUT2D eigenvalue weighted by molar-refractivity contribution is 0.0945. The van der Waals surface area contributed by atoms with Gasteiger partial charge in [0.1, 0.15) is 11.5 Å². The molecule has 0 spiro atoms. The molecule has 0 aromatic heterocycles.